The standard InChI is InChI=1S/C12H8Br3FO2/c1-17-10-5-9(16)8(13)4-7(10)11(14)6-2-3-18-12(6)15/h2-5,11H,1H3. The monoisotopic (exact) mass is 440 g/mol. The predicted octanol–water partition coefficient (Wildman–Crippen LogP) is 5.44. The highest BCUT2D eigenvalue weighted by atomic mass is 79.9. The van der Waals surface area contributed by atoms with Gasteiger partial charge in [0, 0.05) is 17.2 Å². The Labute approximate surface area is 129 Å². The van der Waals surface area contributed by atoms with E-state index in [2.05, 4.69) is 47.8 Å². The van der Waals surface area contributed by atoms with Gasteiger partial charge in [-0.25, -0.2) is 4.39 Å². The second-order valence-corrected chi connectivity index (χ2v) is 6.01. The molecule has 1 heterocycles. The van der Waals surface area contributed by atoms with E-state index in [1.807, 2.05) is 6.07 Å². The fourth-order valence-corrected chi connectivity index (χ4v) is 3.43. The van der Waals surface area contributed by atoms with Crippen molar-refractivity contribution in [1.29, 1.82) is 0 Å². The molecule has 0 radical (unpaired) electrons. The lowest BCUT2D eigenvalue weighted by molar-refractivity contribution is 0.406. The van der Waals surface area contributed by atoms with Gasteiger partial charge in [0.1, 0.15) is 11.6 Å². The zero-order chi connectivity index (χ0) is 13.3. The van der Waals surface area contributed by atoms with E-state index in [-0.39, 0.29) is 10.6 Å². The van der Waals surface area contributed by atoms with Crippen molar-refractivity contribution in [1.82, 2.24) is 0 Å². The van der Waals surface area contributed by atoms with Gasteiger partial charge in [0.05, 0.1) is 22.7 Å². The van der Waals surface area contributed by atoms with Gasteiger partial charge in [-0.2, -0.15) is 0 Å². The van der Waals surface area contributed by atoms with Crippen LogP contribution >= 0.6 is 47.8 Å². The van der Waals surface area contributed by atoms with Gasteiger partial charge in [0.15, 0.2) is 4.67 Å². The highest BCUT2D eigenvalue weighted by Gasteiger charge is 2.21. The summed E-state index contributed by atoms with van der Waals surface area (Å²) in [6, 6.07) is 4.87. The molecule has 0 bridgehead atoms. The minimum atomic E-state index is -0.360. The molecular formula is C12H8Br3FO2. The van der Waals surface area contributed by atoms with Gasteiger partial charge in [-0.3, -0.25) is 0 Å². The summed E-state index contributed by atoms with van der Waals surface area (Å²) in [5, 5.41) is 0. The van der Waals surface area contributed by atoms with Gasteiger partial charge in [-0.15, -0.1) is 0 Å². The van der Waals surface area contributed by atoms with Gasteiger partial charge in [-0.05, 0) is 44.0 Å². The molecule has 0 spiro atoms. The van der Waals surface area contributed by atoms with Crippen LogP contribution in [0.4, 0.5) is 4.39 Å². The lowest BCUT2D eigenvalue weighted by Gasteiger charge is -2.14. The van der Waals surface area contributed by atoms with E-state index in [4.69, 9.17) is 9.15 Å². The van der Waals surface area contributed by atoms with Gasteiger partial charge < -0.3 is 9.15 Å². The Hall–Kier alpha value is -0.330. The molecule has 18 heavy (non-hydrogen) atoms. The van der Waals surface area contributed by atoms with E-state index < -0.39 is 0 Å². The zero-order valence-electron chi connectivity index (χ0n) is 9.22. The van der Waals surface area contributed by atoms with Crippen LogP contribution in [0.3, 0.4) is 0 Å². The largest absolute Gasteiger partial charge is 0.496 e. The Morgan fingerprint density at radius 3 is 2.56 bits per heavy atom. The van der Waals surface area contributed by atoms with Gasteiger partial charge in [0.25, 0.3) is 0 Å². The first-order valence-electron chi connectivity index (χ1n) is 4.94. The molecule has 0 aliphatic carbocycles. The fraction of sp³-hybridized carbons (Fsp3) is 0.167. The lowest BCUT2D eigenvalue weighted by Crippen LogP contribution is -1.98. The SMILES string of the molecule is COc1cc(F)c(Br)cc1C(Br)c1ccoc1Br. The summed E-state index contributed by atoms with van der Waals surface area (Å²) >= 11 is 10.1. The van der Waals surface area contributed by atoms with Crippen LogP contribution in [0.5, 0.6) is 5.75 Å². The molecule has 2 aromatic rings. The Morgan fingerprint density at radius 1 is 1.28 bits per heavy atom. The quantitative estimate of drug-likeness (QED) is 0.591. The zero-order valence-corrected chi connectivity index (χ0v) is 14.0. The van der Waals surface area contributed by atoms with Crippen LogP contribution < -0.4 is 4.74 Å². The molecule has 6 heteroatoms. The number of furan rings is 1. The van der Waals surface area contributed by atoms with Crippen LogP contribution in [0.2, 0.25) is 0 Å². The van der Waals surface area contributed by atoms with Crippen molar-refractivity contribution in [2.24, 2.45) is 0 Å². The summed E-state index contributed by atoms with van der Waals surface area (Å²) in [5.41, 5.74) is 1.72. The number of benzene rings is 1. The van der Waals surface area contributed by atoms with Crippen molar-refractivity contribution in [3.63, 3.8) is 0 Å². The Balaban J connectivity index is 2.50. The van der Waals surface area contributed by atoms with Crippen LogP contribution in [0.1, 0.15) is 16.0 Å². The van der Waals surface area contributed by atoms with Crippen LogP contribution in [-0.2, 0) is 0 Å². The van der Waals surface area contributed by atoms with E-state index in [9.17, 15) is 4.39 Å². The minimum Gasteiger partial charge on any atom is -0.496 e. The molecule has 1 aromatic heterocycles. The molecule has 1 unspecified atom stereocenters. The van der Waals surface area contributed by atoms with Crippen LogP contribution in [0.25, 0.3) is 0 Å². The molecule has 0 saturated heterocycles. The molecule has 0 fully saturated rings. The number of ether oxygens (including phenoxy) is 1. The second kappa shape index (κ2) is 5.75. The second-order valence-electron chi connectivity index (χ2n) is 3.52. The molecule has 2 rings (SSSR count). The van der Waals surface area contributed by atoms with Gasteiger partial charge in [-0.1, -0.05) is 15.9 Å². The van der Waals surface area contributed by atoms with Crippen molar-refractivity contribution in [2.45, 2.75) is 4.83 Å². The number of methoxy groups -OCH3 is 1. The summed E-state index contributed by atoms with van der Waals surface area (Å²) in [7, 11) is 1.51. The van der Waals surface area contributed by atoms with Gasteiger partial charge >= 0.3 is 0 Å². The first kappa shape index (κ1) is 14.1. The maximum absolute atomic E-state index is 13.5. The summed E-state index contributed by atoms with van der Waals surface area (Å²) in [6.07, 6.45) is 1.58. The maximum atomic E-state index is 13.5. The number of rotatable bonds is 3. The number of halogens is 4. The smallest absolute Gasteiger partial charge is 0.173 e. The normalized spacial score (nSPS) is 12.5. The molecule has 2 nitrogen and oxygen atoms in total. The van der Waals surface area contributed by atoms with Crippen molar-refractivity contribution in [2.75, 3.05) is 7.11 Å². The van der Waals surface area contributed by atoms with E-state index >= 15 is 0 Å². The van der Waals surface area contributed by atoms with Gasteiger partial charge in [0.2, 0.25) is 0 Å². The van der Waals surface area contributed by atoms with Crippen molar-refractivity contribution < 1.29 is 13.5 Å². The Morgan fingerprint density at radius 2 is 2.00 bits per heavy atom. The van der Waals surface area contributed by atoms with Crippen molar-refractivity contribution in [3.05, 3.63) is 50.5 Å². The van der Waals surface area contributed by atoms with E-state index in [1.165, 1.54) is 13.2 Å². The lowest BCUT2D eigenvalue weighted by atomic mass is 10.1. The molecule has 0 N–H and O–H groups in total. The summed E-state index contributed by atoms with van der Waals surface area (Å²) in [6.45, 7) is 0. The van der Waals surface area contributed by atoms with Crippen LogP contribution in [-0.4, -0.2) is 7.11 Å². The summed E-state index contributed by atoms with van der Waals surface area (Å²) in [5.74, 6) is 0.118. The van der Waals surface area contributed by atoms with Crippen LogP contribution in [0, 0.1) is 5.82 Å². The Bertz CT molecular complexity index is 568. The first-order chi connectivity index (χ1) is 8.54. The summed E-state index contributed by atoms with van der Waals surface area (Å²) < 4.78 is 24.9. The molecule has 1 aromatic carbocycles. The molecule has 0 saturated carbocycles. The molecule has 0 aliphatic heterocycles. The van der Waals surface area contributed by atoms with E-state index in [0.29, 0.717) is 14.9 Å². The maximum Gasteiger partial charge on any atom is 0.173 e. The molecule has 0 aliphatic rings. The summed E-state index contributed by atoms with van der Waals surface area (Å²) in [4.78, 5) is -0.155. The third kappa shape index (κ3) is 2.65. The number of hydrogen-bond donors (Lipinski definition) is 0. The minimum absolute atomic E-state index is 0.155. The highest BCUT2D eigenvalue weighted by Crippen LogP contribution is 2.41. The molecular weight excluding hydrogens is 435 g/mol. The fourth-order valence-electron chi connectivity index (χ4n) is 1.57. The van der Waals surface area contributed by atoms with Crippen molar-refractivity contribution in [3.8, 4) is 5.75 Å². The molecule has 1 atom stereocenters. The number of alkyl halides is 1. The third-order valence-corrected chi connectivity index (χ3v) is 4.70. The van der Waals surface area contributed by atoms with Crippen LogP contribution in [0.15, 0.2) is 38.0 Å². The average molecular weight is 443 g/mol. The first-order valence-corrected chi connectivity index (χ1v) is 7.44. The molecule has 96 valence electrons. The Kier molecular flexibility index (Phi) is 4.50. The third-order valence-electron chi connectivity index (χ3n) is 2.46. The average Bonchev–Trinajstić information content (AvgIpc) is 2.77. The van der Waals surface area contributed by atoms with E-state index in [0.717, 1.165) is 11.1 Å². The van der Waals surface area contributed by atoms with E-state index in [1.54, 1.807) is 12.3 Å². The number of hydrogen-bond acceptors (Lipinski definition) is 2. The predicted molar refractivity (Wildman–Crippen MR) is 77.8 cm³/mol. The van der Waals surface area contributed by atoms with Crippen molar-refractivity contribution >= 4 is 47.8 Å². The highest BCUT2D eigenvalue weighted by molar-refractivity contribution is 9.11. The molecule has 0 amide bonds. The topological polar surface area (TPSA) is 22.4 Å².